The molecule has 1 unspecified atom stereocenters. The summed E-state index contributed by atoms with van der Waals surface area (Å²) in [5.41, 5.74) is 3.05. The third-order valence-corrected chi connectivity index (χ3v) is 2.03. The second-order valence-corrected chi connectivity index (χ2v) is 3.00. The van der Waals surface area contributed by atoms with Gasteiger partial charge in [0.15, 0.2) is 0 Å². The summed E-state index contributed by atoms with van der Waals surface area (Å²) >= 11 is 0. The van der Waals surface area contributed by atoms with Gasteiger partial charge in [0.05, 0.1) is 6.04 Å². The molecule has 0 aromatic heterocycles. The normalized spacial score (nSPS) is 12.6. The molecule has 1 aromatic carbocycles. The zero-order chi connectivity index (χ0) is 10.7. The number of hydrazine groups is 1. The molecule has 0 aliphatic heterocycles. The minimum absolute atomic E-state index is 0.293. The van der Waals surface area contributed by atoms with E-state index in [1.165, 1.54) is 12.1 Å². The number of aryl methyl sites for hydroxylation is 1. The Hall–Kier alpha value is -1.26. The lowest BCUT2D eigenvalue weighted by Crippen LogP contribution is -2.27. The summed E-state index contributed by atoms with van der Waals surface area (Å²) in [4.78, 5) is 0. The molecule has 4 heteroatoms. The molecule has 2 nitrogen and oxygen atoms in total. The summed E-state index contributed by atoms with van der Waals surface area (Å²) in [6, 6.07) is 1.75. The van der Waals surface area contributed by atoms with Gasteiger partial charge in [0, 0.05) is 11.6 Å². The molecule has 3 N–H and O–H groups in total. The average molecular weight is 198 g/mol. The van der Waals surface area contributed by atoms with E-state index in [-0.39, 0.29) is 0 Å². The number of nitrogens with one attached hydrogen (secondary N) is 1. The van der Waals surface area contributed by atoms with Gasteiger partial charge in [-0.3, -0.25) is 5.84 Å². The first-order valence-corrected chi connectivity index (χ1v) is 4.14. The van der Waals surface area contributed by atoms with Crippen LogP contribution in [0.5, 0.6) is 0 Å². The van der Waals surface area contributed by atoms with Gasteiger partial charge in [-0.2, -0.15) is 0 Å². The Morgan fingerprint density at radius 1 is 1.43 bits per heavy atom. The number of hydrogen-bond acceptors (Lipinski definition) is 2. The predicted molar refractivity (Wildman–Crippen MR) is 51.4 cm³/mol. The highest BCUT2D eigenvalue weighted by molar-refractivity contribution is 5.30. The lowest BCUT2D eigenvalue weighted by atomic mass is 10.0. The molecule has 1 rings (SSSR count). The van der Waals surface area contributed by atoms with Crippen molar-refractivity contribution in [2.45, 2.75) is 13.0 Å². The molecule has 1 aromatic rings. The van der Waals surface area contributed by atoms with Crippen molar-refractivity contribution >= 4 is 0 Å². The molecule has 0 aliphatic carbocycles. The van der Waals surface area contributed by atoms with Crippen molar-refractivity contribution in [2.75, 3.05) is 0 Å². The summed E-state index contributed by atoms with van der Waals surface area (Å²) in [6.45, 7) is 5.06. The van der Waals surface area contributed by atoms with E-state index in [1.54, 1.807) is 6.92 Å². The summed E-state index contributed by atoms with van der Waals surface area (Å²) in [5, 5.41) is 0. The molecule has 0 saturated carbocycles. The maximum Gasteiger partial charge on any atom is 0.131 e. The van der Waals surface area contributed by atoms with E-state index >= 15 is 0 Å². The quantitative estimate of drug-likeness (QED) is 0.442. The van der Waals surface area contributed by atoms with Crippen molar-refractivity contribution in [1.29, 1.82) is 0 Å². The molecule has 0 fully saturated rings. The molecule has 0 aliphatic rings. The fraction of sp³-hybridized carbons (Fsp3) is 0.200. The van der Waals surface area contributed by atoms with E-state index in [4.69, 9.17) is 5.84 Å². The van der Waals surface area contributed by atoms with Gasteiger partial charge in [-0.05, 0) is 18.6 Å². The summed E-state index contributed by atoms with van der Waals surface area (Å²) in [6.07, 6.45) is 1.45. The van der Waals surface area contributed by atoms with Crippen LogP contribution in [0.3, 0.4) is 0 Å². The van der Waals surface area contributed by atoms with Crippen LogP contribution in [0.4, 0.5) is 8.78 Å². The Morgan fingerprint density at radius 2 is 2.07 bits per heavy atom. The van der Waals surface area contributed by atoms with E-state index in [2.05, 4.69) is 12.0 Å². The topological polar surface area (TPSA) is 38.0 Å². The van der Waals surface area contributed by atoms with Crippen LogP contribution in [-0.4, -0.2) is 0 Å². The molecular formula is C10H12F2N2. The van der Waals surface area contributed by atoms with Gasteiger partial charge in [-0.25, -0.2) is 14.2 Å². The highest BCUT2D eigenvalue weighted by Gasteiger charge is 2.13. The van der Waals surface area contributed by atoms with Gasteiger partial charge < -0.3 is 0 Å². The third kappa shape index (κ3) is 1.97. The summed E-state index contributed by atoms with van der Waals surface area (Å²) in [7, 11) is 0. The monoisotopic (exact) mass is 198 g/mol. The molecular weight excluding hydrogens is 186 g/mol. The number of hydrogen-bond donors (Lipinski definition) is 2. The van der Waals surface area contributed by atoms with Gasteiger partial charge in [-0.15, -0.1) is 6.58 Å². The predicted octanol–water partition coefficient (Wildman–Crippen LogP) is 1.96. The molecule has 76 valence electrons. The second kappa shape index (κ2) is 4.30. The van der Waals surface area contributed by atoms with Crippen LogP contribution in [0.2, 0.25) is 0 Å². The van der Waals surface area contributed by atoms with Crippen molar-refractivity contribution in [3.63, 3.8) is 0 Å². The Balaban J connectivity index is 3.20. The van der Waals surface area contributed by atoms with Crippen molar-refractivity contribution in [3.8, 4) is 0 Å². The molecule has 0 amide bonds. The van der Waals surface area contributed by atoms with Crippen molar-refractivity contribution in [3.05, 3.63) is 47.5 Å². The van der Waals surface area contributed by atoms with Gasteiger partial charge in [0.2, 0.25) is 0 Å². The summed E-state index contributed by atoms with van der Waals surface area (Å²) < 4.78 is 26.2. The Bertz CT molecular complexity index is 350. The van der Waals surface area contributed by atoms with E-state index in [0.29, 0.717) is 11.1 Å². The fourth-order valence-corrected chi connectivity index (χ4v) is 1.20. The highest BCUT2D eigenvalue weighted by Crippen LogP contribution is 2.20. The van der Waals surface area contributed by atoms with Gasteiger partial charge in [0.1, 0.15) is 11.6 Å². The third-order valence-electron chi connectivity index (χ3n) is 2.03. The van der Waals surface area contributed by atoms with Crippen LogP contribution < -0.4 is 11.3 Å². The van der Waals surface area contributed by atoms with Gasteiger partial charge >= 0.3 is 0 Å². The minimum Gasteiger partial charge on any atom is -0.271 e. The first-order chi connectivity index (χ1) is 6.60. The standard InChI is InChI=1S/C10H12F2N2/c1-3-10(14-13)7-4-6(2)8(11)5-9(7)12/h3-5,10,14H,1,13H2,2H3. The number of nitrogens with two attached hydrogens (primary N) is 1. The fourth-order valence-electron chi connectivity index (χ4n) is 1.20. The SMILES string of the molecule is C=CC(NN)c1cc(C)c(F)cc1F. The van der Waals surface area contributed by atoms with Crippen LogP contribution in [0, 0.1) is 18.6 Å². The number of halogens is 2. The molecule has 0 saturated heterocycles. The van der Waals surface area contributed by atoms with Crippen molar-refractivity contribution < 1.29 is 8.78 Å². The molecule has 14 heavy (non-hydrogen) atoms. The zero-order valence-electron chi connectivity index (χ0n) is 7.85. The van der Waals surface area contributed by atoms with Crippen molar-refractivity contribution in [2.24, 2.45) is 5.84 Å². The lowest BCUT2D eigenvalue weighted by molar-refractivity contribution is 0.543. The summed E-state index contributed by atoms with van der Waals surface area (Å²) in [5.74, 6) is 4.00. The van der Waals surface area contributed by atoms with E-state index < -0.39 is 17.7 Å². The first-order valence-electron chi connectivity index (χ1n) is 4.14. The molecule has 0 spiro atoms. The molecule has 0 heterocycles. The number of benzene rings is 1. The zero-order valence-corrected chi connectivity index (χ0v) is 7.85. The van der Waals surface area contributed by atoms with Crippen LogP contribution >= 0.6 is 0 Å². The maximum absolute atomic E-state index is 13.3. The largest absolute Gasteiger partial charge is 0.271 e. The number of rotatable bonds is 3. The maximum atomic E-state index is 13.3. The molecule has 0 radical (unpaired) electrons. The first kappa shape index (κ1) is 10.8. The van der Waals surface area contributed by atoms with Gasteiger partial charge in [-0.1, -0.05) is 6.08 Å². The van der Waals surface area contributed by atoms with Crippen LogP contribution in [0.1, 0.15) is 17.2 Å². The van der Waals surface area contributed by atoms with E-state index in [0.717, 1.165) is 6.07 Å². The van der Waals surface area contributed by atoms with Crippen LogP contribution in [0.25, 0.3) is 0 Å². The van der Waals surface area contributed by atoms with Gasteiger partial charge in [0.25, 0.3) is 0 Å². The minimum atomic E-state index is -0.629. The Morgan fingerprint density at radius 3 is 2.57 bits per heavy atom. The van der Waals surface area contributed by atoms with E-state index in [1.807, 2.05) is 0 Å². The van der Waals surface area contributed by atoms with Crippen molar-refractivity contribution in [1.82, 2.24) is 5.43 Å². The van der Waals surface area contributed by atoms with Crippen LogP contribution in [0.15, 0.2) is 24.8 Å². The van der Waals surface area contributed by atoms with Crippen LogP contribution in [-0.2, 0) is 0 Å². The molecule has 1 atom stereocenters. The lowest BCUT2D eigenvalue weighted by Gasteiger charge is -2.13. The molecule has 0 bridgehead atoms. The smallest absolute Gasteiger partial charge is 0.131 e. The average Bonchev–Trinajstić information content (AvgIpc) is 2.15. The highest BCUT2D eigenvalue weighted by atomic mass is 19.1. The Labute approximate surface area is 81.4 Å². The van der Waals surface area contributed by atoms with E-state index in [9.17, 15) is 8.78 Å². The Kier molecular flexibility index (Phi) is 3.33. The second-order valence-electron chi connectivity index (χ2n) is 3.00.